The van der Waals surface area contributed by atoms with Gasteiger partial charge in [0.2, 0.25) is 5.75 Å². The van der Waals surface area contributed by atoms with E-state index in [1.807, 2.05) is 0 Å². The number of aryl methyl sites for hydroxylation is 2. The molecule has 2 aromatic carbocycles. The molecule has 0 unspecified atom stereocenters. The predicted octanol–water partition coefficient (Wildman–Crippen LogP) is 3.53. The summed E-state index contributed by atoms with van der Waals surface area (Å²) in [4.78, 5) is 26.2. The second-order valence-corrected chi connectivity index (χ2v) is 8.21. The number of benzene rings is 2. The first-order chi connectivity index (χ1) is 17.2. The standard InChI is InChI=1S/C27H31NO8/c1-16-14-21(30)24(27(32)28(16)13-12-17-6-8-18(29)9-7-17)20(15-23(31)34-3)19-10-11-22(33-2)26(36-5)25(19)35-4/h6-11,14,20,29-30H,12-13,15H2,1-5H3/t20-/m0/s1. The zero-order valence-corrected chi connectivity index (χ0v) is 21.0. The fourth-order valence-electron chi connectivity index (χ4n) is 4.29. The highest BCUT2D eigenvalue weighted by Gasteiger charge is 2.31. The fraction of sp³-hybridized carbons (Fsp3) is 0.333. The molecule has 36 heavy (non-hydrogen) atoms. The molecule has 1 heterocycles. The van der Waals surface area contributed by atoms with Gasteiger partial charge in [-0.15, -0.1) is 0 Å². The topological polar surface area (TPSA) is 116 Å². The Morgan fingerprint density at radius 3 is 2.19 bits per heavy atom. The Kier molecular flexibility index (Phi) is 8.47. The van der Waals surface area contributed by atoms with Crippen LogP contribution in [0.25, 0.3) is 0 Å². The number of carbonyl (C=O) groups is 1. The van der Waals surface area contributed by atoms with Crippen molar-refractivity contribution in [3.63, 3.8) is 0 Å². The van der Waals surface area contributed by atoms with Gasteiger partial charge in [0.05, 0.1) is 40.4 Å². The molecule has 1 aromatic heterocycles. The Morgan fingerprint density at radius 2 is 1.61 bits per heavy atom. The van der Waals surface area contributed by atoms with Crippen molar-refractivity contribution in [2.75, 3.05) is 28.4 Å². The minimum Gasteiger partial charge on any atom is -0.508 e. The summed E-state index contributed by atoms with van der Waals surface area (Å²) in [5, 5.41) is 20.5. The summed E-state index contributed by atoms with van der Waals surface area (Å²) in [7, 11) is 5.65. The molecular formula is C27H31NO8. The van der Waals surface area contributed by atoms with Crippen molar-refractivity contribution >= 4 is 5.97 Å². The van der Waals surface area contributed by atoms with Crippen LogP contribution < -0.4 is 19.8 Å². The van der Waals surface area contributed by atoms with Gasteiger partial charge in [-0.3, -0.25) is 9.59 Å². The molecule has 0 saturated heterocycles. The second-order valence-electron chi connectivity index (χ2n) is 8.21. The van der Waals surface area contributed by atoms with E-state index in [1.165, 1.54) is 34.5 Å². The zero-order chi connectivity index (χ0) is 26.4. The van der Waals surface area contributed by atoms with Gasteiger partial charge in [-0.25, -0.2) is 0 Å². The first-order valence-electron chi connectivity index (χ1n) is 11.3. The van der Waals surface area contributed by atoms with Gasteiger partial charge in [-0.05, 0) is 43.2 Å². The summed E-state index contributed by atoms with van der Waals surface area (Å²) < 4.78 is 22.9. The molecule has 2 N–H and O–H groups in total. The molecule has 0 saturated carbocycles. The van der Waals surface area contributed by atoms with E-state index >= 15 is 0 Å². The number of carbonyl (C=O) groups excluding carboxylic acids is 1. The Balaban J connectivity index is 2.17. The molecule has 0 aliphatic heterocycles. The van der Waals surface area contributed by atoms with Crippen LogP contribution in [0.3, 0.4) is 0 Å². The summed E-state index contributed by atoms with van der Waals surface area (Å²) in [6.07, 6.45) is 0.304. The molecule has 9 nitrogen and oxygen atoms in total. The second kappa shape index (κ2) is 11.5. The molecule has 0 spiro atoms. The Bertz CT molecular complexity index is 1280. The summed E-state index contributed by atoms with van der Waals surface area (Å²) in [6, 6.07) is 11.6. The highest BCUT2D eigenvalue weighted by Crippen LogP contribution is 2.46. The molecule has 0 fully saturated rings. The minimum atomic E-state index is -0.889. The number of methoxy groups -OCH3 is 4. The molecule has 0 amide bonds. The Morgan fingerprint density at radius 1 is 0.944 bits per heavy atom. The monoisotopic (exact) mass is 497 g/mol. The van der Waals surface area contributed by atoms with Crippen LogP contribution in [0.1, 0.15) is 34.7 Å². The van der Waals surface area contributed by atoms with E-state index in [1.54, 1.807) is 47.9 Å². The number of ether oxygens (including phenoxy) is 4. The first kappa shape index (κ1) is 26.5. The van der Waals surface area contributed by atoms with Crippen molar-refractivity contribution in [1.29, 1.82) is 0 Å². The van der Waals surface area contributed by atoms with Gasteiger partial charge in [0.25, 0.3) is 5.56 Å². The average Bonchev–Trinajstić information content (AvgIpc) is 2.87. The maximum atomic E-state index is 13.8. The van der Waals surface area contributed by atoms with Crippen molar-refractivity contribution in [2.24, 2.45) is 0 Å². The number of esters is 1. The fourth-order valence-corrected chi connectivity index (χ4v) is 4.29. The average molecular weight is 498 g/mol. The third-order valence-electron chi connectivity index (χ3n) is 6.14. The van der Waals surface area contributed by atoms with Gasteiger partial charge in [-0.2, -0.15) is 0 Å². The molecule has 0 bridgehead atoms. The van der Waals surface area contributed by atoms with E-state index in [4.69, 9.17) is 18.9 Å². The number of nitrogens with zero attached hydrogens (tertiary/aromatic N) is 1. The van der Waals surface area contributed by atoms with Gasteiger partial charge >= 0.3 is 5.97 Å². The van der Waals surface area contributed by atoms with Crippen molar-refractivity contribution < 1.29 is 34.0 Å². The van der Waals surface area contributed by atoms with E-state index in [2.05, 4.69) is 0 Å². The normalized spacial score (nSPS) is 11.6. The molecule has 192 valence electrons. The van der Waals surface area contributed by atoms with Gasteiger partial charge in [0.15, 0.2) is 11.5 Å². The SMILES string of the molecule is COC(=O)C[C@@H](c1ccc(OC)c(OC)c1OC)c1c(O)cc(C)n(CCc2ccc(O)cc2)c1=O. The summed E-state index contributed by atoms with van der Waals surface area (Å²) in [5.41, 5.74) is 1.57. The number of hydrogen-bond acceptors (Lipinski definition) is 8. The van der Waals surface area contributed by atoms with E-state index < -0.39 is 17.4 Å². The molecule has 3 rings (SSSR count). The number of rotatable bonds is 10. The van der Waals surface area contributed by atoms with E-state index in [0.717, 1.165) is 5.56 Å². The lowest BCUT2D eigenvalue weighted by atomic mass is 9.87. The third kappa shape index (κ3) is 5.40. The smallest absolute Gasteiger partial charge is 0.306 e. The lowest BCUT2D eigenvalue weighted by molar-refractivity contribution is -0.140. The van der Waals surface area contributed by atoms with Crippen LogP contribution in [0.5, 0.6) is 28.7 Å². The zero-order valence-electron chi connectivity index (χ0n) is 21.0. The first-order valence-corrected chi connectivity index (χ1v) is 11.3. The van der Waals surface area contributed by atoms with Crippen molar-refractivity contribution in [2.45, 2.75) is 32.2 Å². The number of pyridine rings is 1. The van der Waals surface area contributed by atoms with Gasteiger partial charge in [0, 0.05) is 23.7 Å². The van der Waals surface area contributed by atoms with Crippen LogP contribution in [0.15, 0.2) is 47.3 Å². The van der Waals surface area contributed by atoms with Crippen LogP contribution in [-0.4, -0.2) is 49.2 Å². The highest BCUT2D eigenvalue weighted by molar-refractivity contribution is 5.72. The quantitative estimate of drug-likeness (QED) is 0.409. The number of aromatic nitrogens is 1. The molecule has 0 aliphatic carbocycles. The summed E-state index contributed by atoms with van der Waals surface area (Å²) in [6.45, 7) is 2.06. The minimum absolute atomic E-state index is 0.0437. The van der Waals surface area contributed by atoms with Crippen LogP contribution in [-0.2, 0) is 22.5 Å². The maximum absolute atomic E-state index is 13.8. The Labute approximate surface area is 209 Å². The lowest BCUT2D eigenvalue weighted by Gasteiger charge is -2.23. The largest absolute Gasteiger partial charge is 0.508 e. The van der Waals surface area contributed by atoms with E-state index in [9.17, 15) is 19.8 Å². The lowest BCUT2D eigenvalue weighted by Crippen LogP contribution is -2.29. The van der Waals surface area contributed by atoms with Gasteiger partial charge in [-0.1, -0.05) is 18.2 Å². The molecule has 9 heteroatoms. The molecule has 3 aromatic rings. The number of phenolic OH excluding ortho intramolecular Hbond substituents is 1. The van der Waals surface area contributed by atoms with Crippen LogP contribution in [0, 0.1) is 6.92 Å². The number of phenols is 1. The van der Waals surface area contributed by atoms with Crippen molar-refractivity contribution in [3.8, 4) is 28.7 Å². The highest BCUT2D eigenvalue weighted by atomic mass is 16.5. The number of hydrogen-bond donors (Lipinski definition) is 2. The molecule has 0 aliphatic rings. The molecule has 1 atom stereocenters. The van der Waals surface area contributed by atoms with Crippen LogP contribution in [0.4, 0.5) is 0 Å². The summed E-state index contributed by atoms with van der Waals surface area (Å²) in [5.74, 6) is -0.536. The summed E-state index contributed by atoms with van der Waals surface area (Å²) >= 11 is 0. The van der Waals surface area contributed by atoms with Crippen LogP contribution in [0.2, 0.25) is 0 Å². The van der Waals surface area contributed by atoms with Crippen molar-refractivity contribution in [1.82, 2.24) is 4.57 Å². The maximum Gasteiger partial charge on any atom is 0.306 e. The van der Waals surface area contributed by atoms with Crippen molar-refractivity contribution in [3.05, 3.63) is 75.2 Å². The van der Waals surface area contributed by atoms with E-state index in [-0.39, 0.29) is 29.2 Å². The Hall–Kier alpha value is -4.14. The van der Waals surface area contributed by atoms with Gasteiger partial charge in [0.1, 0.15) is 11.5 Å². The molecule has 0 radical (unpaired) electrons. The predicted molar refractivity (Wildman–Crippen MR) is 133 cm³/mol. The van der Waals surface area contributed by atoms with E-state index in [0.29, 0.717) is 35.7 Å². The number of aromatic hydroxyl groups is 2. The van der Waals surface area contributed by atoms with Gasteiger partial charge < -0.3 is 33.7 Å². The third-order valence-corrected chi connectivity index (χ3v) is 6.14. The van der Waals surface area contributed by atoms with Crippen LogP contribution >= 0.6 is 0 Å². The molecular weight excluding hydrogens is 466 g/mol.